The molecule has 1 aromatic heterocycles. The highest BCUT2D eigenvalue weighted by atomic mass is 32.2. The maximum atomic E-state index is 12.7. The number of nitrogens with zero attached hydrogens (tertiary/aromatic N) is 2. The summed E-state index contributed by atoms with van der Waals surface area (Å²) >= 11 is 0. The number of carbonyl (C=O) groups excluding carboxylic acids is 1. The summed E-state index contributed by atoms with van der Waals surface area (Å²) in [4.78, 5) is 14.1. The van der Waals surface area contributed by atoms with E-state index in [4.69, 9.17) is 4.42 Å². The Hall–Kier alpha value is -2.12. The first-order chi connectivity index (χ1) is 11.5. The zero-order valence-electron chi connectivity index (χ0n) is 13.5. The fourth-order valence-corrected chi connectivity index (χ4v) is 4.16. The zero-order chi connectivity index (χ0) is 17.2. The third-order valence-electron chi connectivity index (χ3n) is 4.23. The van der Waals surface area contributed by atoms with Crippen LogP contribution in [-0.2, 0) is 16.4 Å². The second-order valence-corrected chi connectivity index (χ2v) is 7.61. The first-order valence-electron chi connectivity index (χ1n) is 7.94. The number of furan rings is 1. The summed E-state index contributed by atoms with van der Waals surface area (Å²) in [7, 11) is -3.52. The van der Waals surface area contributed by atoms with Crippen molar-refractivity contribution in [3.8, 4) is 0 Å². The van der Waals surface area contributed by atoms with Crippen molar-refractivity contribution >= 4 is 15.9 Å². The number of benzene rings is 1. The summed E-state index contributed by atoms with van der Waals surface area (Å²) < 4.78 is 31.9. The third kappa shape index (κ3) is 3.22. The van der Waals surface area contributed by atoms with E-state index in [1.54, 1.807) is 29.2 Å². The molecule has 2 aromatic rings. The van der Waals surface area contributed by atoms with Crippen LogP contribution in [0.25, 0.3) is 0 Å². The molecule has 0 N–H and O–H groups in total. The Labute approximate surface area is 141 Å². The van der Waals surface area contributed by atoms with E-state index in [1.165, 1.54) is 10.6 Å². The van der Waals surface area contributed by atoms with Gasteiger partial charge >= 0.3 is 0 Å². The van der Waals surface area contributed by atoms with Gasteiger partial charge in [0, 0.05) is 26.2 Å². The summed E-state index contributed by atoms with van der Waals surface area (Å²) in [6.45, 7) is 3.30. The predicted molar refractivity (Wildman–Crippen MR) is 89.2 cm³/mol. The molecule has 0 unspecified atom stereocenters. The molecule has 0 bridgehead atoms. The number of amides is 1. The van der Waals surface area contributed by atoms with E-state index in [0.29, 0.717) is 18.0 Å². The van der Waals surface area contributed by atoms with Crippen molar-refractivity contribution in [3.05, 3.63) is 54.0 Å². The molecular weight excluding hydrogens is 328 g/mol. The second-order valence-electron chi connectivity index (χ2n) is 5.67. The molecule has 7 heteroatoms. The van der Waals surface area contributed by atoms with Gasteiger partial charge in [-0.15, -0.1) is 0 Å². The molecule has 0 saturated carbocycles. The van der Waals surface area contributed by atoms with Crippen molar-refractivity contribution < 1.29 is 17.6 Å². The number of hydrogen-bond acceptors (Lipinski definition) is 4. The Balaban J connectivity index is 1.68. The Kier molecular flexibility index (Phi) is 4.73. The number of piperazine rings is 1. The monoisotopic (exact) mass is 348 g/mol. The molecule has 6 nitrogen and oxygen atoms in total. The standard InChI is InChI=1S/C17H20N2O4S/c1-2-14-5-7-15(8-6-14)24(21,22)19-11-9-18(10-12-19)17(20)16-4-3-13-23-16/h3-8,13H,2,9-12H2,1H3. The lowest BCUT2D eigenvalue weighted by molar-refractivity contribution is 0.0666. The topological polar surface area (TPSA) is 70.8 Å². The first kappa shape index (κ1) is 16.7. The van der Waals surface area contributed by atoms with E-state index in [-0.39, 0.29) is 24.8 Å². The number of hydrogen-bond donors (Lipinski definition) is 0. The van der Waals surface area contributed by atoms with Crippen LogP contribution in [0.3, 0.4) is 0 Å². The van der Waals surface area contributed by atoms with Gasteiger partial charge in [-0.2, -0.15) is 4.31 Å². The molecule has 24 heavy (non-hydrogen) atoms. The largest absolute Gasteiger partial charge is 0.459 e. The molecule has 0 aliphatic carbocycles. The number of aryl methyl sites for hydroxylation is 1. The maximum absolute atomic E-state index is 12.7. The second kappa shape index (κ2) is 6.78. The molecule has 1 aliphatic heterocycles. The lowest BCUT2D eigenvalue weighted by Gasteiger charge is -2.33. The first-order valence-corrected chi connectivity index (χ1v) is 9.38. The van der Waals surface area contributed by atoms with E-state index in [2.05, 4.69) is 0 Å². The summed E-state index contributed by atoms with van der Waals surface area (Å²) in [5.41, 5.74) is 1.10. The van der Waals surface area contributed by atoms with E-state index >= 15 is 0 Å². The molecule has 128 valence electrons. The Morgan fingerprint density at radius 2 is 1.75 bits per heavy atom. The highest BCUT2D eigenvalue weighted by molar-refractivity contribution is 7.89. The van der Waals surface area contributed by atoms with Crippen LogP contribution in [0.5, 0.6) is 0 Å². The van der Waals surface area contributed by atoms with Gasteiger partial charge in [-0.3, -0.25) is 4.79 Å². The molecule has 1 fully saturated rings. The van der Waals surface area contributed by atoms with Crippen LogP contribution in [0.15, 0.2) is 52.0 Å². The summed E-state index contributed by atoms with van der Waals surface area (Å²) in [5, 5.41) is 0. The minimum absolute atomic E-state index is 0.204. The summed E-state index contributed by atoms with van der Waals surface area (Å²) in [6.07, 6.45) is 2.32. The Bertz CT molecular complexity index is 790. The number of carbonyl (C=O) groups is 1. The van der Waals surface area contributed by atoms with Gasteiger partial charge in [0.2, 0.25) is 10.0 Å². The molecule has 1 aliphatic rings. The quantitative estimate of drug-likeness (QED) is 0.847. The molecule has 1 amide bonds. The molecule has 2 heterocycles. The van der Waals surface area contributed by atoms with Gasteiger partial charge in [-0.25, -0.2) is 8.42 Å². The highest BCUT2D eigenvalue weighted by Crippen LogP contribution is 2.19. The van der Waals surface area contributed by atoms with Crippen LogP contribution >= 0.6 is 0 Å². The van der Waals surface area contributed by atoms with Gasteiger partial charge in [0.05, 0.1) is 11.2 Å². The lowest BCUT2D eigenvalue weighted by Crippen LogP contribution is -2.50. The van der Waals surface area contributed by atoms with Crippen LogP contribution in [0.2, 0.25) is 0 Å². The van der Waals surface area contributed by atoms with Crippen molar-refractivity contribution in [1.82, 2.24) is 9.21 Å². The van der Waals surface area contributed by atoms with Crippen molar-refractivity contribution in [1.29, 1.82) is 0 Å². The van der Waals surface area contributed by atoms with Gasteiger partial charge in [0.1, 0.15) is 0 Å². The Morgan fingerprint density at radius 3 is 2.29 bits per heavy atom. The van der Waals surface area contributed by atoms with E-state index in [9.17, 15) is 13.2 Å². The molecule has 1 aromatic carbocycles. The minimum Gasteiger partial charge on any atom is -0.459 e. The van der Waals surface area contributed by atoms with Crippen LogP contribution < -0.4 is 0 Å². The van der Waals surface area contributed by atoms with Crippen molar-refractivity contribution in [2.75, 3.05) is 26.2 Å². The van der Waals surface area contributed by atoms with Gasteiger partial charge < -0.3 is 9.32 Å². The fraction of sp³-hybridized carbons (Fsp3) is 0.353. The van der Waals surface area contributed by atoms with E-state index in [1.807, 2.05) is 19.1 Å². The van der Waals surface area contributed by atoms with Crippen molar-refractivity contribution in [2.45, 2.75) is 18.2 Å². The predicted octanol–water partition coefficient (Wildman–Crippen LogP) is 1.99. The molecule has 3 rings (SSSR count). The Morgan fingerprint density at radius 1 is 1.08 bits per heavy atom. The summed E-state index contributed by atoms with van der Waals surface area (Å²) in [5.74, 6) is 0.0748. The molecule has 0 radical (unpaired) electrons. The van der Waals surface area contributed by atoms with Crippen LogP contribution in [0.1, 0.15) is 23.0 Å². The van der Waals surface area contributed by atoms with Crippen molar-refractivity contribution in [3.63, 3.8) is 0 Å². The van der Waals surface area contributed by atoms with E-state index < -0.39 is 10.0 Å². The molecular formula is C17H20N2O4S. The molecule has 0 atom stereocenters. The van der Waals surface area contributed by atoms with Crippen LogP contribution in [0.4, 0.5) is 0 Å². The smallest absolute Gasteiger partial charge is 0.289 e. The average molecular weight is 348 g/mol. The van der Waals surface area contributed by atoms with E-state index in [0.717, 1.165) is 12.0 Å². The summed E-state index contributed by atoms with van der Waals surface area (Å²) in [6, 6.07) is 10.2. The van der Waals surface area contributed by atoms with Gasteiger partial charge in [0.25, 0.3) is 5.91 Å². The van der Waals surface area contributed by atoms with Gasteiger partial charge in [0.15, 0.2) is 5.76 Å². The minimum atomic E-state index is -3.52. The van der Waals surface area contributed by atoms with Crippen molar-refractivity contribution in [2.24, 2.45) is 0 Å². The van der Waals surface area contributed by atoms with Crippen LogP contribution in [-0.4, -0.2) is 49.7 Å². The highest BCUT2D eigenvalue weighted by Gasteiger charge is 2.30. The fourth-order valence-electron chi connectivity index (χ4n) is 2.73. The van der Waals surface area contributed by atoms with Crippen LogP contribution in [0, 0.1) is 0 Å². The molecule has 0 spiro atoms. The number of rotatable bonds is 4. The SMILES string of the molecule is CCc1ccc(S(=O)(=O)N2CCN(C(=O)c3ccco3)CC2)cc1. The zero-order valence-corrected chi connectivity index (χ0v) is 14.3. The lowest BCUT2D eigenvalue weighted by atomic mass is 10.2. The van der Waals surface area contributed by atoms with Gasteiger partial charge in [-0.1, -0.05) is 19.1 Å². The molecule has 1 saturated heterocycles. The third-order valence-corrected chi connectivity index (χ3v) is 6.14. The average Bonchev–Trinajstić information content (AvgIpc) is 3.16. The number of sulfonamides is 1. The normalized spacial score (nSPS) is 16.3. The maximum Gasteiger partial charge on any atom is 0.289 e. The van der Waals surface area contributed by atoms with Gasteiger partial charge in [-0.05, 0) is 36.2 Å².